The van der Waals surface area contributed by atoms with E-state index in [0.29, 0.717) is 16.8 Å². The number of sulfone groups is 1. The van der Waals surface area contributed by atoms with Crippen LogP contribution in [-0.4, -0.2) is 44.2 Å². The maximum atomic E-state index is 12.0. The molecule has 0 spiro atoms. The van der Waals surface area contributed by atoms with Crippen molar-refractivity contribution in [2.75, 3.05) is 25.3 Å². The zero-order chi connectivity index (χ0) is 16.4. The minimum atomic E-state index is -4.00. The van der Waals surface area contributed by atoms with Gasteiger partial charge in [0.15, 0.2) is 0 Å². The van der Waals surface area contributed by atoms with Gasteiger partial charge in [0.1, 0.15) is 0 Å². The number of nitrogens with one attached hydrogen (secondary N) is 1. The third-order valence-corrected chi connectivity index (χ3v) is 4.52. The van der Waals surface area contributed by atoms with Gasteiger partial charge in [-0.05, 0) is 37.1 Å². The summed E-state index contributed by atoms with van der Waals surface area (Å²) < 4.78 is 24.0. The Morgan fingerprint density at radius 2 is 1.76 bits per heavy atom. The molecule has 8 nitrogen and oxygen atoms in total. The second-order valence-electron chi connectivity index (χ2n) is 4.84. The molecule has 0 aliphatic rings. The highest BCUT2D eigenvalue weighted by molar-refractivity contribution is 7.91. The van der Waals surface area contributed by atoms with Gasteiger partial charge in [-0.1, -0.05) is 0 Å². The van der Waals surface area contributed by atoms with E-state index in [-0.39, 0.29) is 10.9 Å². The van der Waals surface area contributed by atoms with E-state index in [0.717, 1.165) is 0 Å². The van der Waals surface area contributed by atoms with Crippen LogP contribution in [0.2, 0.25) is 0 Å². The average molecular weight is 315 g/mol. The molecule has 1 aromatic carbocycles. The maximum absolute atomic E-state index is 12.0. The van der Waals surface area contributed by atoms with E-state index in [1.54, 1.807) is 14.1 Å². The van der Waals surface area contributed by atoms with Gasteiger partial charge in [0.25, 0.3) is 0 Å². The van der Waals surface area contributed by atoms with Crippen LogP contribution in [0.1, 0.15) is 11.1 Å². The first-order valence-electron chi connectivity index (χ1n) is 5.98. The number of nitro groups is 1. The van der Waals surface area contributed by atoms with Crippen molar-refractivity contribution in [2.24, 2.45) is 0 Å². The van der Waals surface area contributed by atoms with E-state index in [1.807, 2.05) is 0 Å². The third-order valence-electron chi connectivity index (χ3n) is 2.70. The van der Waals surface area contributed by atoms with Gasteiger partial charge < -0.3 is 10.2 Å². The van der Waals surface area contributed by atoms with Crippen LogP contribution in [0, 0.1) is 24.0 Å². The number of amides is 2. The Kier molecular flexibility index (Phi) is 4.89. The number of nitrogens with zero attached hydrogens (tertiary/aromatic N) is 2. The summed E-state index contributed by atoms with van der Waals surface area (Å²) in [6, 6.07) is 2.59. The molecule has 9 heteroatoms. The molecular formula is C12H17N3O5S. The first-order valence-corrected chi connectivity index (χ1v) is 7.64. The molecule has 0 saturated heterocycles. The van der Waals surface area contributed by atoms with Crippen LogP contribution >= 0.6 is 0 Å². The van der Waals surface area contributed by atoms with Crippen LogP contribution < -0.4 is 5.32 Å². The minimum absolute atomic E-state index is 0.0675. The highest BCUT2D eigenvalue weighted by Crippen LogP contribution is 2.25. The quantitative estimate of drug-likeness (QED) is 0.667. The van der Waals surface area contributed by atoms with Gasteiger partial charge in [0, 0.05) is 24.7 Å². The molecule has 0 saturated carbocycles. The van der Waals surface area contributed by atoms with Crippen LogP contribution in [-0.2, 0) is 9.84 Å². The molecule has 2 amide bonds. The van der Waals surface area contributed by atoms with Crippen LogP contribution in [0.15, 0.2) is 17.0 Å². The van der Waals surface area contributed by atoms with Gasteiger partial charge in [-0.2, -0.15) is 0 Å². The first kappa shape index (κ1) is 16.9. The number of hydrogen-bond acceptors (Lipinski definition) is 5. The molecule has 1 N–H and O–H groups in total. The summed E-state index contributed by atoms with van der Waals surface area (Å²) in [7, 11) is -0.856. The third kappa shape index (κ3) is 4.15. The fraction of sp³-hybridized carbons (Fsp3) is 0.417. The molecular weight excluding hydrogens is 298 g/mol. The number of carbonyl (C=O) groups excluding carboxylic acids is 1. The van der Waals surface area contributed by atoms with Gasteiger partial charge >= 0.3 is 11.9 Å². The average Bonchev–Trinajstić information content (AvgIpc) is 2.24. The maximum Gasteiger partial charge on any atom is 0.321 e. The van der Waals surface area contributed by atoms with E-state index < -0.39 is 20.6 Å². The Labute approximate surface area is 122 Å². The molecule has 0 unspecified atom stereocenters. The monoisotopic (exact) mass is 315 g/mol. The lowest BCUT2D eigenvalue weighted by Gasteiger charge is -2.15. The predicted molar refractivity (Wildman–Crippen MR) is 77.7 cm³/mol. The number of urea groups is 1. The lowest BCUT2D eigenvalue weighted by molar-refractivity contribution is -0.458. The van der Waals surface area contributed by atoms with E-state index >= 15 is 0 Å². The van der Waals surface area contributed by atoms with E-state index in [4.69, 9.17) is 0 Å². The fourth-order valence-corrected chi connectivity index (χ4v) is 3.46. The number of carbonyl (C=O) groups is 1. The Hall–Kier alpha value is -2.16. The van der Waals surface area contributed by atoms with Gasteiger partial charge in [-0.15, -0.1) is 0 Å². The molecule has 0 heterocycles. The SMILES string of the molecule is Cc1cc(NC(=O)N(C)C)cc(C)c1S(=O)(=O)C[N+](=O)[O-]. The number of aryl methyl sites for hydroxylation is 2. The van der Waals surface area contributed by atoms with Crippen molar-refractivity contribution in [3.63, 3.8) is 0 Å². The van der Waals surface area contributed by atoms with E-state index in [9.17, 15) is 23.3 Å². The number of anilines is 1. The van der Waals surface area contributed by atoms with Crippen molar-refractivity contribution in [3.05, 3.63) is 33.4 Å². The van der Waals surface area contributed by atoms with Crippen LogP contribution in [0.4, 0.5) is 10.5 Å². The molecule has 116 valence electrons. The Bertz CT molecular complexity index is 659. The zero-order valence-electron chi connectivity index (χ0n) is 12.2. The normalized spacial score (nSPS) is 11.0. The number of hydrogen-bond donors (Lipinski definition) is 1. The summed E-state index contributed by atoms with van der Waals surface area (Å²) in [5.74, 6) is -1.15. The van der Waals surface area contributed by atoms with Crippen molar-refractivity contribution < 1.29 is 18.1 Å². The highest BCUT2D eigenvalue weighted by atomic mass is 32.2. The molecule has 1 rings (SSSR count). The molecule has 21 heavy (non-hydrogen) atoms. The first-order chi connectivity index (χ1) is 9.54. The fourth-order valence-electron chi connectivity index (χ4n) is 1.95. The second-order valence-corrected chi connectivity index (χ2v) is 6.74. The summed E-state index contributed by atoms with van der Waals surface area (Å²) in [6.07, 6.45) is 0. The molecule has 1 aromatic rings. The standard InChI is InChI=1S/C12H17N3O5S/c1-8-5-10(13-12(16)14(3)4)6-9(2)11(8)21(19,20)7-15(17)18/h5-6H,7H2,1-4H3,(H,13,16). The lowest BCUT2D eigenvalue weighted by Crippen LogP contribution is -2.27. The van der Waals surface area contributed by atoms with E-state index in [2.05, 4.69) is 5.32 Å². The Morgan fingerprint density at radius 1 is 1.29 bits per heavy atom. The van der Waals surface area contributed by atoms with Crippen LogP contribution in [0.3, 0.4) is 0 Å². The summed E-state index contributed by atoms with van der Waals surface area (Å²) >= 11 is 0. The Morgan fingerprint density at radius 3 is 2.14 bits per heavy atom. The largest absolute Gasteiger partial charge is 0.331 e. The van der Waals surface area contributed by atoms with Crippen molar-refractivity contribution in [3.8, 4) is 0 Å². The summed E-state index contributed by atoms with van der Waals surface area (Å²) in [5, 5.41) is 13.1. The van der Waals surface area contributed by atoms with Crippen LogP contribution in [0.25, 0.3) is 0 Å². The van der Waals surface area contributed by atoms with E-state index in [1.165, 1.54) is 30.9 Å². The van der Waals surface area contributed by atoms with Crippen molar-refractivity contribution in [2.45, 2.75) is 18.7 Å². The molecule has 0 aromatic heterocycles. The molecule has 0 aliphatic heterocycles. The summed E-state index contributed by atoms with van der Waals surface area (Å²) in [6.45, 7) is 3.07. The summed E-state index contributed by atoms with van der Waals surface area (Å²) in [4.78, 5) is 22.4. The zero-order valence-corrected chi connectivity index (χ0v) is 13.0. The van der Waals surface area contributed by atoms with Crippen molar-refractivity contribution in [1.82, 2.24) is 4.90 Å². The number of rotatable bonds is 4. The highest BCUT2D eigenvalue weighted by Gasteiger charge is 2.25. The Balaban J connectivity index is 3.23. The van der Waals surface area contributed by atoms with Crippen LogP contribution in [0.5, 0.6) is 0 Å². The van der Waals surface area contributed by atoms with Gasteiger partial charge in [-0.25, -0.2) is 13.2 Å². The van der Waals surface area contributed by atoms with Gasteiger partial charge in [-0.3, -0.25) is 10.1 Å². The molecule has 0 bridgehead atoms. The minimum Gasteiger partial charge on any atom is -0.331 e. The topological polar surface area (TPSA) is 110 Å². The lowest BCUT2D eigenvalue weighted by atomic mass is 10.1. The van der Waals surface area contributed by atoms with Gasteiger partial charge in [0.2, 0.25) is 9.84 Å². The molecule has 0 radical (unpaired) electrons. The van der Waals surface area contributed by atoms with Gasteiger partial charge in [0.05, 0.1) is 4.90 Å². The van der Waals surface area contributed by atoms with Crippen molar-refractivity contribution in [1.29, 1.82) is 0 Å². The summed E-state index contributed by atoms with van der Waals surface area (Å²) in [5.41, 5.74) is 1.14. The predicted octanol–water partition coefficient (Wildman–Crippen LogP) is 1.40. The molecule has 0 aliphatic carbocycles. The molecule has 0 fully saturated rings. The smallest absolute Gasteiger partial charge is 0.321 e. The number of benzene rings is 1. The second kappa shape index (κ2) is 6.08. The van der Waals surface area contributed by atoms with Crippen molar-refractivity contribution >= 4 is 21.6 Å². The molecule has 0 atom stereocenters.